The monoisotopic (exact) mass is 469 g/mol. The molecule has 0 radical (unpaired) electrons. The van der Waals surface area contributed by atoms with Gasteiger partial charge in [0.1, 0.15) is 0 Å². The lowest BCUT2D eigenvalue weighted by Gasteiger charge is -2.34. The van der Waals surface area contributed by atoms with Gasteiger partial charge < -0.3 is 27.1 Å². The molecule has 1 fully saturated rings. The third kappa shape index (κ3) is 10.6. The summed E-state index contributed by atoms with van der Waals surface area (Å²) >= 11 is 0. The lowest BCUT2D eigenvalue weighted by molar-refractivity contribution is -0.917. The zero-order valence-corrected chi connectivity index (χ0v) is 20.5. The number of carbonyl (C=O) groups is 1. The molecule has 1 heterocycles. The van der Waals surface area contributed by atoms with Crippen LogP contribution in [-0.2, 0) is 32.9 Å². The van der Waals surface area contributed by atoms with Crippen molar-refractivity contribution >= 4 is 24.9 Å². The van der Waals surface area contributed by atoms with E-state index in [9.17, 15) is 17.8 Å². The van der Waals surface area contributed by atoms with Crippen molar-refractivity contribution in [2.45, 2.75) is 57.4 Å². The highest BCUT2D eigenvalue weighted by atomic mass is 32.2. The second kappa shape index (κ2) is 13.8. The molecule has 1 saturated heterocycles. The number of ether oxygens (including phenoxy) is 1. The average Bonchev–Trinajstić information content (AvgIpc) is 3.18. The Kier molecular flexibility index (Phi) is 12.6. The molecule has 0 aromatic rings. The van der Waals surface area contributed by atoms with Crippen LogP contribution in [-0.4, -0.2) is 92.1 Å². The number of hydrogen-bond acceptors (Lipinski definition) is 8. The quantitative estimate of drug-likeness (QED) is 0.104. The minimum absolute atomic E-state index is 0.192. The van der Waals surface area contributed by atoms with Crippen LogP contribution in [0.5, 0.6) is 0 Å². The van der Waals surface area contributed by atoms with Crippen LogP contribution in [0, 0.1) is 0 Å². The number of rotatable bonds is 17. The second-order valence-corrected chi connectivity index (χ2v) is 12.6. The molecule has 0 unspecified atom stereocenters. The molecular weight excluding hydrogens is 430 g/mol. The smallest absolute Gasteiger partial charge is 0.500 e. The van der Waals surface area contributed by atoms with Crippen LogP contribution in [0.4, 0.5) is 0 Å². The molecule has 0 aromatic carbocycles. The summed E-state index contributed by atoms with van der Waals surface area (Å²) in [6.07, 6.45) is 6.10. The molecule has 0 aromatic heterocycles. The Bertz CT molecular complexity index is 583. The maximum atomic E-state index is 12.0. The number of hydrogen-bond donors (Lipinski definition) is 0. The molecule has 0 spiro atoms. The first-order chi connectivity index (χ1) is 14.2. The molecule has 11 heteroatoms. The normalized spacial score (nSPS) is 16.7. The summed E-state index contributed by atoms with van der Waals surface area (Å²) in [5, 5.41) is 0. The van der Waals surface area contributed by atoms with Crippen LogP contribution < -0.4 is 0 Å². The largest absolute Gasteiger partial charge is 0.748 e. The maximum Gasteiger partial charge on any atom is 0.500 e. The summed E-state index contributed by atoms with van der Waals surface area (Å²) in [6, 6.07) is 0.664. The first kappa shape index (κ1) is 27.5. The fraction of sp³-hybridized carbons (Fsp3) is 0.947. The van der Waals surface area contributed by atoms with Crippen LogP contribution in [0.2, 0.25) is 6.04 Å². The van der Waals surface area contributed by atoms with Gasteiger partial charge in [0.25, 0.3) is 0 Å². The number of nitrogens with zero attached hydrogens (tertiary/aromatic N) is 1. The Morgan fingerprint density at radius 1 is 0.933 bits per heavy atom. The minimum atomic E-state index is -4.13. The molecule has 9 nitrogen and oxygen atoms in total. The molecule has 30 heavy (non-hydrogen) atoms. The number of esters is 1. The van der Waals surface area contributed by atoms with Crippen molar-refractivity contribution in [3.05, 3.63) is 0 Å². The van der Waals surface area contributed by atoms with Gasteiger partial charge in [-0.25, -0.2) is 8.42 Å². The third-order valence-electron chi connectivity index (χ3n) is 5.88. The van der Waals surface area contributed by atoms with Gasteiger partial charge in [0.2, 0.25) is 0 Å². The molecular formula is C19H39NO8SSi. The van der Waals surface area contributed by atoms with E-state index >= 15 is 0 Å². The highest BCUT2D eigenvalue weighted by Crippen LogP contribution is 2.22. The van der Waals surface area contributed by atoms with Gasteiger partial charge in [0.05, 0.1) is 42.9 Å². The molecule has 1 aliphatic heterocycles. The Morgan fingerprint density at radius 3 is 2.10 bits per heavy atom. The van der Waals surface area contributed by atoms with Crippen molar-refractivity contribution in [1.29, 1.82) is 0 Å². The van der Waals surface area contributed by atoms with Gasteiger partial charge in [-0.15, -0.1) is 0 Å². The van der Waals surface area contributed by atoms with Gasteiger partial charge >= 0.3 is 14.8 Å². The molecule has 0 N–H and O–H groups in total. The van der Waals surface area contributed by atoms with Gasteiger partial charge in [-0.1, -0.05) is 0 Å². The van der Waals surface area contributed by atoms with Crippen molar-refractivity contribution in [3.8, 4) is 0 Å². The standard InChI is InChI=1S/C19H39NO8SSi/c1-25-30(26-2,27-3)18-9-4-11-19(21)28-16-10-15-20(12-5-6-13-20)14-7-8-17-29(22,23)24/h4-18H2,1-3H3. The van der Waals surface area contributed by atoms with E-state index in [0.717, 1.165) is 62.8 Å². The van der Waals surface area contributed by atoms with E-state index in [1.54, 1.807) is 21.3 Å². The molecule has 0 aliphatic carbocycles. The minimum Gasteiger partial charge on any atom is -0.748 e. The van der Waals surface area contributed by atoms with Crippen molar-refractivity contribution < 1.29 is 40.3 Å². The number of likely N-dealkylation sites (tertiary alicyclic amines) is 1. The van der Waals surface area contributed by atoms with E-state index < -0.39 is 18.9 Å². The molecule has 178 valence electrons. The Hall–Kier alpha value is -0.563. The summed E-state index contributed by atoms with van der Waals surface area (Å²) in [4.78, 5) is 12.0. The Balaban J connectivity index is 2.21. The van der Waals surface area contributed by atoms with Crippen LogP contribution in [0.1, 0.15) is 51.4 Å². The molecule has 0 bridgehead atoms. The highest BCUT2D eigenvalue weighted by Gasteiger charge is 2.36. The van der Waals surface area contributed by atoms with Crippen LogP contribution in [0.3, 0.4) is 0 Å². The van der Waals surface area contributed by atoms with Gasteiger partial charge in [0.15, 0.2) is 0 Å². The predicted molar refractivity (Wildman–Crippen MR) is 114 cm³/mol. The predicted octanol–water partition coefficient (Wildman–Crippen LogP) is 1.90. The zero-order chi connectivity index (χ0) is 22.5. The summed E-state index contributed by atoms with van der Waals surface area (Å²) in [6.45, 7) is 4.35. The topological polar surface area (TPSA) is 111 Å². The van der Waals surface area contributed by atoms with Crippen molar-refractivity contribution in [3.63, 3.8) is 0 Å². The molecule has 1 aliphatic rings. The lowest BCUT2D eigenvalue weighted by Crippen LogP contribution is -2.47. The van der Waals surface area contributed by atoms with Crippen LogP contribution in [0.25, 0.3) is 0 Å². The summed E-state index contributed by atoms with van der Waals surface area (Å²) < 4.78 is 54.6. The number of carbonyl (C=O) groups excluding carboxylic acids is 1. The second-order valence-electron chi connectivity index (χ2n) is 7.99. The van der Waals surface area contributed by atoms with Gasteiger partial charge in [-0.05, 0) is 25.7 Å². The van der Waals surface area contributed by atoms with Gasteiger partial charge in [-0.3, -0.25) is 4.79 Å². The first-order valence-corrected chi connectivity index (χ1v) is 14.3. The van der Waals surface area contributed by atoms with E-state index in [1.807, 2.05) is 0 Å². The summed E-state index contributed by atoms with van der Waals surface area (Å²) in [7, 11) is -1.97. The number of unbranched alkanes of at least 4 members (excludes halogenated alkanes) is 2. The first-order valence-electron chi connectivity index (χ1n) is 10.8. The van der Waals surface area contributed by atoms with E-state index in [1.165, 1.54) is 0 Å². The van der Waals surface area contributed by atoms with E-state index in [4.69, 9.17) is 18.0 Å². The zero-order valence-electron chi connectivity index (χ0n) is 18.7. The Labute approximate surface area is 182 Å². The van der Waals surface area contributed by atoms with Crippen LogP contribution >= 0.6 is 0 Å². The van der Waals surface area contributed by atoms with E-state index in [2.05, 4.69) is 0 Å². The highest BCUT2D eigenvalue weighted by molar-refractivity contribution is 7.85. The van der Waals surface area contributed by atoms with Crippen molar-refractivity contribution in [2.75, 3.05) is 59.9 Å². The average molecular weight is 470 g/mol. The molecule has 0 amide bonds. The van der Waals surface area contributed by atoms with Gasteiger partial charge in [-0.2, -0.15) is 0 Å². The van der Waals surface area contributed by atoms with E-state index in [0.29, 0.717) is 31.9 Å². The molecule has 1 rings (SSSR count). The SMILES string of the molecule is CO[Si](CCCCC(=O)OCCC[N+]1(CCCCS(=O)(=O)[O-])CCCC1)(OC)OC. The van der Waals surface area contributed by atoms with Gasteiger partial charge in [0, 0.05) is 58.8 Å². The molecule has 0 saturated carbocycles. The number of quaternary nitrogens is 1. The fourth-order valence-electron chi connectivity index (χ4n) is 4.12. The summed E-state index contributed by atoms with van der Waals surface area (Å²) in [5.41, 5.74) is 0. The third-order valence-corrected chi connectivity index (χ3v) is 9.50. The molecule has 0 atom stereocenters. The maximum absolute atomic E-state index is 12.0. The summed E-state index contributed by atoms with van der Waals surface area (Å²) in [5.74, 6) is -0.476. The van der Waals surface area contributed by atoms with Crippen molar-refractivity contribution in [1.82, 2.24) is 0 Å². The Morgan fingerprint density at radius 2 is 1.53 bits per heavy atom. The van der Waals surface area contributed by atoms with E-state index in [-0.39, 0.29) is 11.7 Å². The lowest BCUT2D eigenvalue weighted by atomic mass is 10.2. The van der Waals surface area contributed by atoms with Crippen molar-refractivity contribution in [2.24, 2.45) is 0 Å². The van der Waals surface area contributed by atoms with Crippen LogP contribution in [0.15, 0.2) is 0 Å². The fourth-order valence-corrected chi connectivity index (χ4v) is 6.47.